The van der Waals surface area contributed by atoms with E-state index in [1.807, 2.05) is 44.2 Å². The average Bonchev–Trinajstić information content (AvgIpc) is 2.72. The molecule has 1 saturated heterocycles. The number of anilines is 1. The monoisotopic (exact) mass is 431 g/mol. The van der Waals surface area contributed by atoms with Crippen molar-refractivity contribution in [1.29, 1.82) is 0 Å². The van der Waals surface area contributed by atoms with Crippen LogP contribution in [0.3, 0.4) is 0 Å². The first kappa shape index (κ1) is 22.4. The fourth-order valence-electron chi connectivity index (χ4n) is 3.81. The molecule has 1 heterocycles. The summed E-state index contributed by atoms with van der Waals surface area (Å²) in [7, 11) is 3.35. The van der Waals surface area contributed by atoms with Gasteiger partial charge >= 0.3 is 0 Å². The maximum absolute atomic E-state index is 12.5. The lowest BCUT2D eigenvalue weighted by molar-refractivity contribution is -0.117. The van der Waals surface area contributed by atoms with Crippen LogP contribution in [-0.2, 0) is 11.3 Å². The number of carbonyl (C=O) groups is 1. The van der Waals surface area contributed by atoms with Crippen molar-refractivity contribution in [1.82, 2.24) is 9.80 Å². The first-order valence-electron chi connectivity index (χ1n) is 10.1. The second kappa shape index (κ2) is 10.2. The van der Waals surface area contributed by atoms with Gasteiger partial charge in [0.25, 0.3) is 0 Å². The van der Waals surface area contributed by atoms with E-state index in [-0.39, 0.29) is 5.91 Å². The molecule has 1 amide bonds. The number of nitrogens with one attached hydrogen (secondary N) is 1. The smallest absolute Gasteiger partial charge is 0.238 e. The van der Waals surface area contributed by atoms with Gasteiger partial charge in [0.2, 0.25) is 5.91 Å². The highest BCUT2D eigenvalue weighted by molar-refractivity contribution is 6.34. The lowest BCUT2D eigenvalue weighted by atomic mass is 10.1. The zero-order valence-electron chi connectivity index (χ0n) is 18.1. The summed E-state index contributed by atoms with van der Waals surface area (Å²) in [6, 6.07) is 9.75. The topological polar surface area (TPSA) is 54.0 Å². The molecule has 30 heavy (non-hydrogen) atoms. The number of carbonyl (C=O) groups excluding carboxylic acids is 1. The standard InChI is InChI=1S/C23H30ClN3O3/c1-16-11-17(2)23(20(24)12-16)25-22(28)15-27-9-7-26(8-10-27)14-18-13-19(29-3)5-6-21(18)30-4/h5-6,11-13H,7-10,14-15H2,1-4H3,(H,25,28). The second-order valence-electron chi connectivity index (χ2n) is 7.72. The minimum Gasteiger partial charge on any atom is -0.497 e. The highest BCUT2D eigenvalue weighted by Gasteiger charge is 2.21. The van der Waals surface area contributed by atoms with E-state index in [1.165, 1.54) is 0 Å². The third-order valence-corrected chi connectivity index (χ3v) is 5.71. The highest BCUT2D eigenvalue weighted by atomic mass is 35.5. The minimum absolute atomic E-state index is 0.0354. The van der Waals surface area contributed by atoms with Crippen molar-refractivity contribution < 1.29 is 14.3 Å². The van der Waals surface area contributed by atoms with E-state index in [9.17, 15) is 4.79 Å². The largest absolute Gasteiger partial charge is 0.497 e. The zero-order valence-corrected chi connectivity index (χ0v) is 18.9. The maximum atomic E-state index is 12.5. The number of methoxy groups -OCH3 is 2. The molecule has 0 saturated carbocycles. The molecule has 0 aliphatic carbocycles. The molecule has 6 nitrogen and oxygen atoms in total. The van der Waals surface area contributed by atoms with Crippen LogP contribution in [0.1, 0.15) is 16.7 Å². The summed E-state index contributed by atoms with van der Waals surface area (Å²) in [5.41, 5.74) is 3.87. The van der Waals surface area contributed by atoms with Gasteiger partial charge in [-0.25, -0.2) is 0 Å². The zero-order chi connectivity index (χ0) is 21.7. The molecule has 0 unspecified atom stereocenters. The van der Waals surface area contributed by atoms with E-state index in [0.717, 1.165) is 60.9 Å². The van der Waals surface area contributed by atoms with Gasteiger partial charge in [0.15, 0.2) is 0 Å². The molecule has 1 N–H and O–H groups in total. The Hall–Kier alpha value is -2.28. The third kappa shape index (κ3) is 5.65. The summed E-state index contributed by atoms with van der Waals surface area (Å²) < 4.78 is 10.8. The van der Waals surface area contributed by atoms with Crippen LogP contribution in [0.2, 0.25) is 5.02 Å². The van der Waals surface area contributed by atoms with Crippen LogP contribution in [0.25, 0.3) is 0 Å². The van der Waals surface area contributed by atoms with Crippen molar-refractivity contribution >= 4 is 23.2 Å². The number of piperazine rings is 1. The average molecular weight is 432 g/mol. The predicted molar refractivity (Wildman–Crippen MR) is 121 cm³/mol. The SMILES string of the molecule is COc1ccc(OC)c(CN2CCN(CC(=O)Nc3c(C)cc(C)cc3Cl)CC2)c1. The lowest BCUT2D eigenvalue weighted by Crippen LogP contribution is -2.48. The number of hydrogen-bond donors (Lipinski definition) is 1. The van der Waals surface area contributed by atoms with Crippen molar-refractivity contribution in [2.75, 3.05) is 52.3 Å². The molecule has 7 heteroatoms. The van der Waals surface area contributed by atoms with Gasteiger partial charge in [-0.05, 0) is 49.2 Å². The molecule has 0 spiro atoms. The van der Waals surface area contributed by atoms with Crippen LogP contribution in [0.5, 0.6) is 11.5 Å². The van der Waals surface area contributed by atoms with Crippen molar-refractivity contribution in [2.24, 2.45) is 0 Å². The van der Waals surface area contributed by atoms with Gasteiger partial charge in [-0.15, -0.1) is 0 Å². The predicted octanol–water partition coefficient (Wildman–Crippen LogP) is 3.73. The Labute approximate surface area is 183 Å². The summed E-state index contributed by atoms with van der Waals surface area (Å²) in [5, 5.41) is 3.56. The molecular formula is C23H30ClN3O3. The summed E-state index contributed by atoms with van der Waals surface area (Å²) in [5.74, 6) is 1.65. The van der Waals surface area contributed by atoms with Crippen LogP contribution in [0.15, 0.2) is 30.3 Å². The van der Waals surface area contributed by atoms with Crippen LogP contribution in [0, 0.1) is 13.8 Å². The number of rotatable bonds is 7. The second-order valence-corrected chi connectivity index (χ2v) is 8.12. The highest BCUT2D eigenvalue weighted by Crippen LogP contribution is 2.28. The van der Waals surface area contributed by atoms with Crippen LogP contribution in [-0.4, -0.2) is 62.7 Å². The Balaban J connectivity index is 1.52. The minimum atomic E-state index is -0.0354. The van der Waals surface area contributed by atoms with E-state index in [1.54, 1.807) is 14.2 Å². The Morgan fingerprint density at radius 3 is 2.37 bits per heavy atom. The molecule has 2 aromatic carbocycles. The van der Waals surface area contributed by atoms with Crippen LogP contribution >= 0.6 is 11.6 Å². The Morgan fingerprint density at radius 2 is 1.73 bits per heavy atom. The van der Waals surface area contributed by atoms with Crippen LogP contribution in [0.4, 0.5) is 5.69 Å². The quantitative estimate of drug-likeness (QED) is 0.723. The van der Waals surface area contributed by atoms with Gasteiger partial charge in [-0.3, -0.25) is 14.6 Å². The number of nitrogens with zero attached hydrogens (tertiary/aromatic N) is 2. The number of aryl methyl sites for hydroxylation is 2. The maximum Gasteiger partial charge on any atom is 0.238 e. The van der Waals surface area contributed by atoms with Gasteiger partial charge in [0, 0.05) is 38.3 Å². The van der Waals surface area contributed by atoms with Gasteiger partial charge in [0.1, 0.15) is 11.5 Å². The molecular weight excluding hydrogens is 402 g/mol. The van der Waals surface area contributed by atoms with E-state index >= 15 is 0 Å². The molecule has 2 aromatic rings. The Bertz CT molecular complexity index is 872. The van der Waals surface area contributed by atoms with Gasteiger partial charge in [0.05, 0.1) is 31.5 Å². The van der Waals surface area contributed by atoms with E-state index in [4.69, 9.17) is 21.1 Å². The van der Waals surface area contributed by atoms with Crippen molar-refractivity contribution in [2.45, 2.75) is 20.4 Å². The summed E-state index contributed by atoms with van der Waals surface area (Å²) in [6.45, 7) is 8.54. The fourth-order valence-corrected chi connectivity index (χ4v) is 4.18. The van der Waals surface area contributed by atoms with Crippen molar-refractivity contribution in [3.63, 3.8) is 0 Å². The number of hydrogen-bond acceptors (Lipinski definition) is 5. The van der Waals surface area contributed by atoms with E-state index in [0.29, 0.717) is 17.3 Å². The number of amides is 1. The number of ether oxygens (including phenoxy) is 2. The molecule has 162 valence electrons. The van der Waals surface area contributed by atoms with Crippen LogP contribution < -0.4 is 14.8 Å². The molecule has 1 aliphatic rings. The normalized spacial score (nSPS) is 15.1. The lowest BCUT2D eigenvalue weighted by Gasteiger charge is -2.34. The Kier molecular flexibility index (Phi) is 7.58. The molecule has 0 aromatic heterocycles. The summed E-state index contributed by atoms with van der Waals surface area (Å²) in [4.78, 5) is 17.1. The van der Waals surface area contributed by atoms with Crippen molar-refractivity contribution in [3.8, 4) is 11.5 Å². The molecule has 3 rings (SSSR count). The van der Waals surface area contributed by atoms with Gasteiger partial charge < -0.3 is 14.8 Å². The summed E-state index contributed by atoms with van der Waals surface area (Å²) >= 11 is 6.31. The fraction of sp³-hybridized carbons (Fsp3) is 0.435. The van der Waals surface area contributed by atoms with E-state index < -0.39 is 0 Å². The third-order valence-electron chi connectivity index (χ3n) is 5.41. The first-order chi connectivity index (χ1) is 14.4. The number of benzene rings is 2. The molecule has 1 fully saturated rings. The summed E-state index contributed by atoms with van der Waals surface area (Å²) in [6.07, 6.45) is 0. The van der Waals surface area contributed by atoms with Gasteiger partial charge in [-0.1, -0.05) is 17.7 Å². The molecule has 0 atom stereocenters. The van der Waals surface area contributed by atoms with E-state index in [2.05, 4.69) is 15.1 Å². The molecule has 0 radical (unpaired) electrons. The van der Waals surface area contributed by atoms with Gasteiger partial charge in [-0.2, -0.15) is 0 Å². The number of halogens is 1. The Morgan fingerprint density at radius 1 is 1.03 bits per heavy atom. The first-order valence-corrected chi connectivity index (χ1v) is 10.5. The molecule has 1 aliphatic heterocycles. The molecule has 0 bridgehead atoms. The van der Waals surface area contributed by atoms with Crippen molar-refractivity contribution in [3.05, 3.63) is 52.0 Å².